The number of hydrazine groups is 1. The Kier molecular flexibility index (Phi) is 7.45. The van der Waals surface area contributed by atoms with Crippen molar-refractivity contribution in [2.45, 2.75) is 20.0 Å². The number of aromatic nitrogens is 1. The number of aryl methyl sites for hydroxylation is 1. The number of carbonyl (C=O) groups excluding carboxylic acids is 2. The molecule has 0 aliphatic carbocycles. The zero-order valence-corrected chi connectivity index (χ0v) is 18.2. The summed E-state index contributed by atoms with van der Waals surface area (Å²) in [6.45, 7) is 2.34. The maximum absolute atomic E-state index is 12.3. The fourth-order valence-electron chi connectivity index (χ4n) is 2.66. The van der Waals surface area contributed by atoms with E-state index >= 15 is 0 Å². The second-order valence-electron chi connectivity index (χ2n) is 6.58. The van der Waals surface area contributed by atoms with E-state index in [1.807, 2.05) is 31.2 Å². The van der Waals surface area contributed by atoms with Gasteiger partial charge in [-0.15, -0.1) is 11.3 Å². The Balaban J connectivity index is 1.47. The molecule has 2 amide bonds. The number of nitrogens with one attached hydrogen (secondary N) is 2. The number of rotatable bonds is 8. The number of amides is 2. The summed E-state index contributed by atoms with van der Waals surface area (Å²) in [5, 5.41) is 2.56. The van der Waals surface area contributed by atoms with E-state index in [0.29, 0.717) is 29.4 Å². The molecule has 0 aliphatic heterocycles. The minimum absolute atomic E-state index is 0.0350. The Morgan fingerprint density at radius 1 is 1.00 bits per heavy atom. The van der Waals surface area contributed by atoms with Crippen LogP contribution in [0.25, 0.3) is 0 Å². The van der Waals surface area contributed by atoms with E-state index in [4.69, 9.17) is 14.2 Å². The van der Waals surface area contributed by atoms with E-state index in [0.717, 1.165) is 16.3 Å². The lowest BCUT2D eigenvalue weighted by Crippen LogP contribution is -2.42. The van der Waals surface area contributed by atoms with E-state index in [2.05, 4.69) is 15.8 Å². The summed E-state index contributed by atoms with van der Waals surface area (Å²) in [6.07, 6.45) is 0.0350. The predicted octanol–water partition coefficient (Wildman–Crippen LogP) is 3.05. The summed E-state index contributed by atoms with van der Waals surface area (Å²) in [7, 11) is 2.99. The van der Waals surface area contributed by atoms with Gasteiger partial charge in [-0.2, -0.15) is 0 Å². The monoisotopic (exact) mass is 441 g/mol. The van der Waals surface area contributed by atoms with Crippen molar-refractivity contribution in [2.24, 2.45) is 0 Å². The molecule has 3 aromatic rings. The molecule has 0 atom stereocenters. The molecular formula is C22H23N3O5S. The SMILES string of the molecule is COc1ccc(C(=O)NNC(=O)Cc2csc(COc3ccc(C)cc3)n2)cc1OC. The maximum atomic E-state index is 12.3. The molecule has 1 heterocycles. The van der Waals surface area contributed by atoms with Crippen LogP contribution in [-0.4, -0.2) is 31.0 Å². The van der Waals surface area contributed by atoms with Crippen molar-refractivity contribution in [1.82, 2.24) is 15.8 Å². The normalized spacial score (nSPS) is 10.3. The Morgan fingerprint density at radius 2 is 1.74 bits per heavy atom. The van der Waals surface area contributed by atoms with Gasteiger partial charge in [0.15, 0.2) is 11.5 Å². The third kappa shape index (κ3) is 6.19. The zero-order valence-electron chi connectivity index (χ0n) is 17.4. The van der Waals surface area contributed by atoms with Crippen LogP contribution in [0.5, 0.6) is 17.2 Å². The molecule has 1 aromatic heterocycles. The molecule has 162 valence electrons. The van der Waals surface area contributed by atoms with E-state index in [1.54, 1.807) is 17.5 Å². The molecule has 0 unspecified atom stereocenters. The highest BCUT2D eigenvalue weighted by Crippen LogP contribution is 2.27. The van der Waals surface area contributed by atoms with E-state index < -0.39 is 5.91 Å². The number of carbonyl (C=O) groups is 2. The topological polar surface area (TPSA) is 98.8 Å². The van der Waals surface area contributed by atoms with Gasteiger partial charge in [0.25, 0.3) is 5.91 Å². The van der Waals surface area contributed by atoms with Gasteiger partial charge in [0.1, 0.15) is 17.4 Å². The van der Waals surface area contributed by atoms with Crippen LogP contribution in [0.2, 0.25) is 0 Å². The van der Waals surface area contributed by atoms with Gasteiger partial charge in [0, 0.05) is 10.9 Å². The van der Waals surface area contributed by atoms with Crippen LogP contribution >= 0.6 is 11.3 Å². The summed E-state index contributed by atoms with van der Waals surface area (Å²) in [5.74, 6) is 0.834. The Hall–Kier alpha value is -3.59. The molecule has 8 nitrogen and oxygen atoms in total. The summed E-state index contributed by atoms with van der Waals surface area (Å²) in [5.41, 5.74) is 6.86. The summed E-state index contributed by atoms with van der Waals surface area (Å²) in [6, 6.07) is 12.5. The van der Waals surface area contributed by atoms with E-state index in [9.17, 15) is 9.59 Å². The van der Waals surface area contributed by atoms with Crippen LogP contribution in [0.15, 0.2) is 47.8 Å². The highest BCUT2D eigenvalue weighted by molar-refractivity contribution is 7.09. The maximum Gasteiger partial charge on any atom is 0.269 e. The zero-order chi connectivity index (χ0) is 22.2. The average Bonchev–Trinajstić information content (AvgIpc) is 3.23. The molecule has 0 fully saturated rings. The molecule has 0 radical (unpaired) electrons. The lowest BCUT2D eigenvalue weighted by Gasteiger charge is -2.10. The van der Waals surface area contributed by atoms with Gasteiger partial charge >= 0.3 is 0 Å². The molecule has 0 bridgehead atoms. The van der Waals surface area contributed by atoms with Gasteiger partial charge in [0.05, 0.1) is 26.3 Å². The molecule has 0 saturated heterocycles. The highest BCUT2D eigenvalue weighted by Gasteiger charge is 2.13. The Labute approximate surface area is 184 Å². The van der Waals surface area contributed by atoms with Crippen LogP contribution in [0.4, 0.5) is 0 Å². The number of nitrogens with zero attached hydrogens (tertiary/aromatic N) is 1. The number of hydrogen-bond donors (Lipinski definition) is 2. The van der Waals surface area contributed by atoms with Crippen LogP contribution in [0, 0.1) is 6.92 Å². The van der Waals surface area contributed by atoms with Gasteiger partial charge in [-0.05, 0) is 37.3 Å². The summed E-state index contributed by atoms with van der Waals surface area (Å²) >= 11 is 1.41. The largest absolute Gasteiger partial charge is 0.493 e. The van der Waals surface area contributed by atoms with Gasteiger partial charge in [0.2, 0.25) is 5.91 Å². The summed E-state index contributed by atoms with van der Waals surface area (Å²) < 4.78 is 16.0. The second-order valence-corrected chi connectivity index (χ2v) is 7.53. The van der Waals surface area contributed by atoms with Crippen LogP contribution in [0.1, 0.15) is 26.6 Å². The van der Waals surface area contributed by atoms with Crippen molar-refractivity contribution in [1.29, 1.82) is 0 Å². The fraction of sp³-hybridized carbons (Fsp3) is 0.227. The van der Waals surface area contributed by atoms with E-state index in [1.165, 1.54) is 31.6 Å². The first-order valence-corrected chi connectivity index (χ1v) is 10.3. The molecule has 2 aromatic carbocycles. The lowest BCUT2D eigenvalue weighted by atomic mass is 10.2. The average molecular weight is 442 g/mol. The van der Waals surface area contributed by atoms with Crippen molar-refractivity contribution in [3.05, 3.63) is 69.7 Å². The fourth-order valence-corrected chi connectivity index (χ4v) is 3.37. The van der Waals surface area contributed by atoms with Crippen molar-refractivity contribution in [2.75, 3.05) is 14.2 Å². The number of ether oxygens (including phenoxy) is 3. The number of benzene rings is 2. The van der Waals surface area contributed by atoms with Crippen LogP contribution in [-0.2, 0) is 17.8 Å². The minimum Gasteiger partial charge on any atom is -0.493 e. The third-order valence-corrected chi connectivity index (χ3v) is 5.16. The summed E-state index contributed by atoms with van der Waals surface area (Å²) in [4.78, 5) is 28.8. The molecule has 3 rings (SSSR count). The van der Waals surface area contributed by atoms with Crippen LogP contribution in [0.3, 0.4) is 0 Å². The molecule has 0 aliphatic rings. The Morgan fingerprint density at radius 3 is 2.45 bits per heavy atom. The molecule has 2 N–H and O–H groups in total. The number of hydrogen-bond acceptors (Lipinski definition) is 7. The van der Waals surface area contributed by atoms with Crippen molar-refractivity contribution < 1.29 is 23.8 Å². The van der Waals surface area contributed by atoms with Gasteiger partial charge in [-0.1, -0.05) is 17.7 Å². The molecule has 0 spiro atoms. The third-order valence-electron chi connectivity index (χ3n) is 4.29. The van der Waals surface area contributed by atoms with Crippen molar-refractivity contribution in [3.63, 3.8) is 0 Å². The molecule has 9 heteroatoms. The smallest absolute Gasteiger partial charge is 0.269 e. The van der Waals surface area contributed by atoms with Gasteiger partial charge < -0.3 is 14.2 Å². The first-order valence-electron chi connectivity index (χ1n) is 9.42. The quantitative estimate of drug-likeness (QED) is 0.522. The number of methoxy groups -OCH3 is 2. The first kappa shape index (κ1) is 22.1. The molecule has 0 saturated carbocycles. The van der Waals surface area contributed by atoms with Crippen LogP contribution < -0.4 is 25.1 Å². The predicted molar refractivity (Wildman–Crippen MR) is 116 cm³/mol. The molecular weight excluding hydrogens is 418 g/mol. The second kappa shape index (κ2) is 10.4. The highest BCUT2D eigenvalue weighted by atomic mass is 32.1. The van der Waals surface area contributed by atoms with Gasteiger partial charge in [-0.25, -0.2) is 4.98 Å². The van der Waals surface area contributed by atoms with Crippen molar-refractivity contribution >= 4 is 23.2 Å². The van der Waals surface area contributed by atoms with Gasteiger partial charge in [-0.3, -0.25) is 20.4 Å². The van der Waals surface area contributed by atoms with E-state index in [-0.39, 0.29) is 12.3 Å². The number of thiazole rings is 1. The Bertz CT molecular complexity index is 1050. The standard InChI is InChI=1S/C22H23N3O5S/c1-14-4-7-17(8-5-14)30-12-21-23-16(13-31-21)11-20(26)24-25-22(27)15-6-9-18(28-2)19(10-15)29-3/h4-10,13H,11-12H2,1-3H3,(H,24,26)(H,25,27). The minimum atomic E-state index is -0.472. The van der Waals surface area contributed by atoms with Crippen molar-refractivity contribution in [3.8, 4) is 17.2 Å². The molecule has 31 heavy (non-hydrogen) atoms. The lowest BCUT2D eigenvalue weighted by molar-refractivity contribution is -0.121. The first-order chi connectivity index (χ1) is 15.0.